The maximum Gasteiger partial charge on any atom is 0.563 e. The topological polar surface area (TPSA) is 44.8 Å². The van der Waals surface area contributed by atoms with Crippen LogP contribution in [0.25, 0.3) is 0 Å². The maximum atomic E-state index is 11.6. The summed E-state index contributed by atoms with van der Waals surface area (Å²) in [6, 6.07) is 5.56. The molecule has 108 valence electrons. The van der Waals surface area contributed by atoms with Gasteiger partial charge in [-0.15, -0.1) is 0 Å². The summed E-state index contributed by atoms with van der Waals surface area (Å²) in [6.45, 7) is 6.19. The van der Waals surface area contributed by atoms with E-state index in [-0.39, 0.29) is 0 Å². The van der Waals surface area contributed by atoms with Crippen LogP contribution in [0.5, 0.6) is 5.75 Å². The van der Waals surface area contributed by atoms with Gasteiger partial charge in [-0.2, -0.15) is 8.15 Å². The van der Waals surface area contributed by atoms with Crippen molar-refractivity contribution in [2.75, 3.05) is 0 Å². The minimum absolute atomic E-state index is 0.359. The highest BCUT2D eigenvalue weighted by molar-refractivity contribution is 7.50. The normalized spacial score (nSPS) is 11.9. The molecule has 7 heteroatoms. The average molecular weight is 327 g/mol. The monoisotopic (exact) mass is 326 g/mol. The molecular formula is C12H17Cl2O4P. The summed E-state index contributed by atoms with van der Waals surface area (Å²) in [6.07, 6.45) is 2.09. The van der Waals surface area contributed by atoms with E-state index in [9.17, 15) is 4.57 Å². The van der Waals surface area contributed by atoms with E-state index < -0.39 is 7.82 Å². The summed E-state index contributed by atoms with van der Waals surface area (Å²) in [5, 5.41) is 0. The number of hydrogen-bond donors (Lipinski definition) is 0. The standard InChI is InChI=1S/C12H17Cl2O4P/c1-9(2)4-5-11-6-7-12(10(3)8-11)16-19(15,17-13)18-14/h6-9H,4-5H2,1-3H3. The Kier molecular flexibility index (Phi) is 6.64. The first-order chi connectivity index (χ1) is 8.90. The Hall–Kier alpha value is -0.250. The zero-order valence-corrected chi connectivity index (χ0v) is 13.5. The molecule has 0 aromatic heterocycles. The van der Waals surface area contributed by atoms with Gasteiger partial charge in [0.1, 0.15) is 5.75 Å². The van der Waals surface area contributed by atoms with Gasteiger partial charge in [-0.05, 0) is 42.9 Å². The number of aryl methyl sites for hydroxylation is 2. The number of rotatable bonds is 7. The van der Waals surface area contributed by atoms with Gasteiger partial charge in [0, 0.05) is 0 Å². The molecule has 0 saturated heterocycles. The van der Waals surface area contributed by atoms with Crippen LogP contribution >= 0.6 is 31.6 Å². The lowest BCUT2D eigenvalue weighted by Crippen LogP contribution is -1.97. The highest BCUT2D eigenvalue weighted by atomic mass is 35.5. The zero-order chi connectivity index (χ0) is 14.5. The fourth-order valence-electron chi connectivity index (χ4n) is 1.58. The molecule has 0 spiro atoms. The Labute approximate surface area is 123 Å². The molecule has 0 saturated carbocycles. The largest absolute Gasteiger partial charge is 0.563 e. The van der Waals surface area contributed by atoms with E-state index in [1.54, 1.807) is 6.07 Å². The minimum atomic E-state index is -3.95. The molecule has 0 aliphatic carbocycles. The van der Waals surface area contributed by atoms with E-state index in [2.05, 4.69) is 22.0 Å². The van der Waals surface area contributed by atoms with Gasteiger partial charge in [-0.1, -0.05) is 26.0 Å². The fourth-order valence-corrected chi connectivity index (χ4v) is 2.53. The van der Waals surface area contributed by atoms with Gasteiger partial charge in [0.15, 0.2) is 0 Å². The second kappa shape index (κ2) is 7.51. The number of hydrogen-bond acceptors (Lipinski definition) is 4. The fraction of sp³-hybridized carbons (Fsp3) is 0.500. The van der Waals surface area contributed by atoms with E-state index in [0.29, 0.717) is 11.7 Å². The summed E-state index contributed by atoms with van der Waals surface area (Å²) in [4.78, 5) is 0. The van der Waals surface area contributed by atoms with E-state index in [0.717, 1.165) is 18.4 Å². The third-order valence-electron chi connectivity index (χ3n) is 2.63. The Morgan fingerprint density at radius 1 is 1.26 bits per heavy atom. The molecular weight excluding hydrogens is 310 g/mol. The molecule has 1 rings (SSSR count). The molecule has 19 heavy (non-hydrogen) atoms. The third-order valence-corrected chi connectivity index (χ3v) is 4.40. The van der Waals surface area contributed by atoms with E-state index in [1.807, 2.05) is 19.1 Å². The van der Waals surface area contributed by atoms with Gasteiger partial charge in [0.05, 0.1) is 23.7 Å². The molecule has 4 nitrogen and oxygen atoms in total. The lowest BCUT2D eigenvalue weighted by molar-refractivity contribution is 0.317. The molecule has 1 aromatic rings. The third kappa shape index (κ3) is 5.33. The van der Waals surface area contributed by atoms with Gasteiger partial charge in [0.25, 0.3) is 0 Å². The van der Waals surface area contributed by atoms with Crippen LogP contribution in [0.3, 0.4) is 0 Å². The first-order valence-corrected chi connectivity index (χ1v) is 7.98. The summed E-state index contributed by atoms with van der Waals surface area (Å²) in [5.41, 5.74) is 2.00. The molecule has 0 amide bonds. The van der Waals surface area contributed by atoms with Crippen molar-refractivity contribution in [3.8, 4) is 5.75 Å². The lowest BCUT2D eigenvalue weighted by atomic mass is 10.0. The first-order valence-electron chi connectivity index (χ1n) is 5.90. The summed E-state index contributed by atoms with van der Waals surface area (Å²) < 4.78 is 24.9. The van der Waals surface area contributed by atoms with Crippen molar-refractivity contribution >= 4 is 31.6 Å². The number of benzene rings is 1. The van der Waals surface area contributed by atoms with Crippen molar-refractivity contribution in [3.63, 3.8) is 0 Å². The Bertz CT molecular complexity index is 457. The SMILES string of the molecule is Cc1cc(CCC(C)C)ccc1OP(=O)(OCl)OCl. The predicted molar refractivity (Wildman–Crippen MR) is 76.4 cm³/mol. The number of phosphoric acid groups is 1. The van der Waals surface area contributed by atoms with E-state index in [1.165, 1.54) is 5.56 Å². The van der Waals surface area contributed by atoms with Crippen molar-refractivity contribution in [1.82, 2.24) is 0 Å². The van der Waals surface area contributed by atoms with Crippen LogP contribution < -0.4 is 4.52 Å². The van der Waals surface area contributed by atoms with Crippen molar-refractivity contribution in [2.24, 2.45) is 5.92 Å². The minimum Gasteiger partial charge on any atom is -0.402 e. The number of halogens is 2. The van der Waals surface area contributed by atoms with Crippen LogP contribution in [0, 0.1) is 12.8 Å². The maximum absolute atomic E-state index is 11.6. The molecule has 0 unspecified atom stereocenters. The van der Waals surface area contributed by atoms with E-state index >= 15 is 0 Å². The molecule has 0 heterocycles. The molecule has 0 radical (unpaired) electrons. The van der Waals surface area contributed by atoms with Crippen molar-refractivity contribution < 1.29 is 17.2 Å². The summed E-state index contributed by atoms with van der Waals surface area (Å²) >= 11 is 10.1. The summed E-state index contributed by atoms with van der Waals surface area (Å²) in [5.74, 6) is 1.00. The zero-order valence-electron chi connectivity index (χ0n) is 11.1. The van der Waals surface area contributed by atoms with Crippen LogP contribution in [0.1, 0.15) is 31.4 Å². The first kappa shape index (κ1) is 16.8. The van der Waals surface area contributed by atoms with Gasteiger partial charge in [0.2, 0.25) is 0 Å². The summed E-state index contributed by atoms with van der Waals surface area (Å²) in [7, 11) is -3.95. The van der Waals surface area contributed by atoms with Crippen LogP contribution in [-0.4, -0.2) is 0 Å². The second-order valence-corrected chi connectivity index (χ2v) is 6.89. The predicted octanol–water partition coefficient (Wildman–Crippen LogP) is 5.41. The smallest absolute Gasteiger partial charge is 0.402 e. The quantitative estimate of drug-likeness (QED) is 0.628. The Balaban J connectivity index is 2.80. The highest BCUT2D eigenvalue weighted by Crippen LogP contribution is 2.52. The molecule has 1 aromatic carbocycles. The molecule has 0 aliphatic rings. The van der Waals surface area contributed by atoms with Gasteiger partial charge >= 0.3 is 7.82 Å². The molecule has 0 atom stereocenters. The molecule has 0 aliphatic heterocycles. The van der Waals surface area contributed by atoms with Crippen LogP contribution in [0.4, 0.5) is 0 Å². The van der Waals surface area contributed by atoms with E-state index in [4.69, 9.17) is 28.3 Å². The Morgan fingerprint density at radius 2 is 1.89 bits per heavy atom. The van der Waals surface area contributed by atoms with Gasteiger partial charge in [-0.25, -0.2) is 4.57 Å². The molecule has 0 bridgehead atoms. The van der Waals surface area contributed by atoms with Crippen molar-refractivity contribution in [3.05, 3.63) is 29.3 Å². The Morgan fingerprint density at radius 3 is 2.37 bits per heavy atom. The second-order valence-electron chi connectivity index (χ2n) is 4.71. The highest BCUT2D eigenvalue weighted by Gasteiger charge is 2.29. The van der Waals surface area contributed by atoms with Crippen LogP contribution in [0.2, 0.25) is 0 Å². The van der Waals surface area contributed by atoms with Crippen LogP contribution in [-0.2, 0) is 19.1 Å². The van der Waals surface area contributed by atoms with Gasteiger partial charge < -0.3 is 4.52 Å². The molecule has 0 fully saturated rings. The lowest BCUT2D eigenvalue weighted by Gasteiger charge is -2.14. The average Bonchev–Trinajstić information content (AvgIpc) is 2.39. The molecule has 0 N–H and O–H groups in total. The van der Waals surface area contributed by atoms with Crippen molar-refractivity contribution in [1.29, 1.82) is 0 Å². The van der Waals surface area contributed by atoms with Gasteiger partial charge in [-0.3, -0.25) is 0 Å². The van der Waals surface area contributed by atoms with Crippen molar-refractivity contribution in [2.45, 2.75) is 33.6 Å². The van der Waals surface area contributed by atoms with Crippen LogP contribution in [0.15, 0.2) is 18.2 Å².